The molecule has 1 spiro atoms. The molecule has 1 saturated carbocycles. The fourth-order valence-corrected chi connectivity index (χ4v) is 6.12. The van der Waals surface area contributed by atoms with Crippen molar-refractivity contribution in [1.82, 2.24) is 24.6 Å². The molecule has 5 nitrogen and oxygen atoms in total. The van der Waals surface area contributed by atoms with Gasteiger partial charge in [0.1, 0.15) is 0 Å². The summed E-state index contributed by atoms with van der Waals surface area (Å²) in [4.78, 5) is 5.87. The fourth-order valence-electron chi connectivity index (χ4n) is 5.29. The van der Waals surface area contributed by atoms with Crippen molar-refractivity contribution < 1.29 is 26.3 Å². The highest BCUT2D eigenvalue weighted by Crippen LogP contribution is 2.64. The van der Waals surface area contributed by atoms with E-state index >= 15 is 0 Å². The molecule has 0 bridgehead atoms. The van der Waals surface area contributed by atoms with E-state index in [-0.39, 0.29) is 16.8 Å². The van der Waals surface area contributed by atoms with Gasteiger partial charge in [0.15, 0.2) is 16.7 Å². The van der Waals surface area contributed by atoms with Crippen LogP contribution in [0.1, 0.15) is 42.0 Å². The number of thioether (sulfide) groups is 1. The van der Waals surface area contributed by atoms with Crippen molar-refractivity contribution >= 4 is 11.8 Å². The van der Waals surface area contributed by atoms with E-state index < -0.39 is 23.6 Å². The van der Waals surface area contributed by atoms with Gasteiger partial charge in [0.05, 0.1) is 11.1 Å². The Morgan fingerprint density at radius 3 is 2.49 bits per heavy atom. The molecule has 0 N–H and O–H groups in total. The summed E-state index contributed by atoms with van der Waals surface area (Å²) in [5.74, 6) is 1.16. The van der Waals surface area contributed by atoms with Crippen LogP contribution in [0.5, 0.6) is 0 Å². The Hall–Kier alpha value is -2.60. The molecule has 1 saturated heterocycles. The predicted octanol–water partition coefficient (Wildman–Crippen LogP) is 6.28. The molecule has 1 aromatic carbocycles. The van der Waals surface area contributed by atoms with Crippen LogP contribution in [0.2, 0.25) is 0 Å². The standard InChI is InChI=1S/C25H25F6N5S/c1-35-21(18-4-2-10-32-20(18)25(29,30)31)33-34-22(35)37-13-3-11-36-12-9-23(15-36)14-19(23)16-5-7-17(8-6-16)24(26,27)28/h2,4-8,10,19H,3,9,11-15H2,1H3/t19-,23?/m1/s1. The molecule has 12 heteroatoms. The third kappa shape index (κ3) is 5.36. The van der Waals surface area contributed by atoms with E-state index in [2.05, 4.69) is 20.1 Å². The van der Waals surface area contributed by atoms with Crippen molar-refractivity contribution in [2.75, 3.05) is 25.4 Å². The van der Waals surface area contributed by atoms with Crippen molar-refractivity contribution in [3.05, 3.63) is 59.4 Å². The molecule has 3 aromatic rings. The summed E-state index contributed by atoms with van der Waals surface area (Å²) in [6.45, 7) is 2.76. The van der Waals surface area contributed by atoms with Crippen LogP contribution < -0.4 is 0 Å². The van der Waals surface area contributed by atoms with Gasteiger partial charge in [-0.2, -0.15) is 26.3 Å². The maximum atomic E-state index is 13.3. The summed E-state index contributed by atoms with van der Waals surface area (Å²) in [5.41, 5.74) is -0.574. The zero-order valence-electron chi connectivity index (χ0n) is 20.0. The molecular formula is C25H25F6N5S. The van der Waals surface area contributed by atoms with E-state index in [0.717, 1.165) is 56.4 Å². The number of hydrogen-bond acceptors (Lipinski definition) is 5. The van der Waals surface area contributed by atoms with Crippen molar-refractivity contribution in [2.24, 2.45) is 12.5 Å². The van der Waals surface area contributed by atoms with Gasteiger partial charge in [-0.1, -0.05) is 23.9 Å². The van der Waals surface area contributed by atoms with Gasteiger partial charge in [-0.25, -0.2) is 0 Å². The van der Waals surface area contributed by atoms with Crippen LogP contribution in [-0.4, -0.2) is 50.0 Å². The van der Waals surface area contributed by atoms with Crippen molar-refractivity contribution in [1.29, 1.82) is 0 Å². The van der Waals surface area contributed by atoms with Gasteiger partial charge >= 0.3 is 12.4 Å². The molecule has 0 radical (unpaired) electrons. The number of aromatic nitrogens is 4. The lowest BCUT2D eigenvalue weighted by atomic mass is 9.97. The zero-order valence-corrected chi connectivity index (χ0v) is 20.8. The summed E-state index contributed by atoms with van der Waals surface area (Å²) < 4.78 is 80.1. The van der Waals surface area contributed by atoms with Gasteiger partial charge in [0.2, 0.25) is 0 Å². The first-order valence-corrected chi connectivity index (χ1v) is 12.9. The monoisotopic (exact) mass is 541 g/mol. The van der Waals surface area contributed by atoms with E-state index in [9.17, 15) is 26.3 Å². The Morgan fingerprint density at radius 2 is 1.78 bits per heavy atom. The summed E-state index contributed by atoms with van der Waals surface area (Å²) in [5, 5.41) is 8.59. The van der Waals surface area contributed by atoms with Crippen molar-refractivity contribution in [3.63, 3.8) is 0 Å². The number of rotatable bonds is 7. The molecular weight excluding hydrogens is 516 g/mol. The third-order valence-corrected chi connectivity index (χ3v) is 8.40. The number of hydrogen-bond donors (Lipinski definition) is 0. The van der Waals surface area contributed by atoms with Gasteiger partial charge in [-0.3, -0.25) is 4.98 Å². The highest BCUT2D eigenvalue weighted by Gasteiger charge is 2.57. The predicted molar refractivity (Wildman–Crippen MR) is 127 cm³/mol. The van der Waals surface area contributed by atoms with Gasteiger partial charge < -0.3 is 9.47 Å². The fraction of sp³-hybridized carbons (Fsp3) is 0.480. The minimum atomic E-state index is -4.59. The lowest BCUT2D eigenvalue weighted by Crippen LogP contribution is -2.23. The first kappa shape index (κ1) is 26.0. The molecule has 2 aliphatic rings. The highest BCUT2D eigenvalue weighted by molar-refractivity contribution is 7.99. The van der Waals surface area contributed by atoms with Crippen LogP contribution in [0.4, 0.5) is 26.3 Å². The Labute approximate surface area is 214 Å². The van der Waals surface area contributed by atoms with Gasteiger partial charge in [0, 0.05) is 25.5 Å². The zero-order chi connectivity index (χ0) is 26.4. The first-order valence-electron chi connectivity index (χ1n) is 11.9. The maximum absolute atomic E-state index is 13.3. The molecule has 2 fully saturated rings. The van der Waals surface area contributed by atoms with Crippen molar-refractivity contribution in [3.8, 4) is 11.4 Å². The normalized spacial score (nSPS) is 22.2. The van der Waals surface area contributed by atoms with E-state index in [4.69, 9.17) is 0 Å². The molecule has 1 unspecified atom stereocenters. The minimum Gasteiger partial charge on any atom is -0.305 e. The summed E-state index contributed by atoms with van der Waals surface area (Å²) in [6, 6.07) is 8.34. The van der Waals surface area contributed by atoms with Crippen molar-refractivity contribution in [2.45, 2.75) is 42.7 Å². The minimum absolute atomic E-state index is 0.105. The first-order chi connectivity index (χ1) is 17.5. The Balaban J connectivity index is 1.12. The molecule has 198 valence electrons. The lowest BCUT2D eigenvalue weighted by molar-refractivity contribution is -0.140. The lowest BCUT2D eigenvalue weighted by Gasteiger charge is -2.16. The molecule has 0 amide bonds. The van der Waals surface area contributed by atoms with Gasteiger partial charge in [-0.15, -0.1) is 10.2 Å². The second-order valence-corrected chi connectivity index (χ2v) is 10.8. The number of nitrogens with zero attached hydrogens (tertiary/aromatic N) is 5. The second kappa shape index (κ2) is 9.61. The Kier molecular flexibility index (Phi) is 6.76. The smallest absolute Gasteiger partial charge is 0.305 e. The molecule has 2 aromatic heterocycles. The van der Waals surface area contributed by atoms with Crippen LogP contribution in [0.15, 0.2) is 47.8 Å². The topological polar surface area (TPSA) is 46.8 Å². The number of pyridine rings is 1. The highest BCUT2D eigenvalue weighted by atomic mass is 32.2. The van der Waals surface area contributed by atoms with Crippen LogP contribution in [0, 0.1) is 5.41 Å². The second-order valence-electron chi connectivity index (χ2n) is 9.73. The van der Waals surface area contributed by atoms with Gasteiger partial charge in [-0.05, 0) is 73.5 Å². The van der Waals surface area contributed by atoms with Crippen LogP contribution >= 0.6 is 11.8 Å². The number of alkyl halides is 6. The van der Waals surface area contributed by atoms with Crippen LogP contribution in [-0.2, 0) is 19.4 Å². The molecule has 5 rings (SSSR count). The van der Waals surface area contributed by atoms with E-state index in [1.54, 1.807) is 23.7 Å². The summed E-state index contributed by atoms with van der Waals surface area (Å²) in [7, 11) is 1.64. The maximum Gasteiger partial charge on any atom is 0.434 e. The molecule has 2 atom stereocenters. The summed E-state index contributed by atoms with van der Waals surface area (Å²) in [6.07, 6.45) is -4.90. The molecule has 3 heterocycles. The molecule has 37 heavy (non-hydrogen) atoms. The average molecular weight is 542 g/mol. The van der Waals surface area contributed by atoms with E-state index in [1.807, 2.05) is 0 Å². The summed E-state index contributed by atoms with van der Waals surface area (Å²) >= 11 is 1.44. The third-order valence-electron chi connectivity index (χ3n) is 7.30. The number of likely N-dealkylation sites (tertiary alicyclic amines) is 1. The Bertz CT molecular complexity index is 1260. The SMILES string of the molecule is Cn1c(SCCCN2CCC3(C[C@@H]3c3ccc(C(F)(F)F)cc3)C2)nnc1-c1cccnc1C(F)(F)F. The molecule has 1 aliphatic carbocycles. The number of halogens is 6. The average Bonchev–Trinajstić information content (AvgIpc) is 3.19. The number of benzene rings is 1. The van der Waals surface area contributed by atoms with Crippen LogP contribution in [0.3, 0.4) is 0 Å². The van der Waals surface area contributed by atoms with E-state index in [1.165, 1.54) is 36.0 Å². The molecule has 1 aliphatic heterocycles. The van der Waals surface area contributed by atoms with Crippen LogP contribution in [0.25, 0.3) is 11.4 Å². The van der Waals surface area contributed by atoms with E-state index in [0.29, 0.717) is 11.1 Å². The quantitative estimate of drug-likeness (QED) is 0.200. The van der Waals surface area contributed by atoms with Gasteiger partial charge in [0.25, 0.3) is 0 Å². The Morgan fingerprint density at radius 1 is 1.03 bits per heavy atom. The largest absolute Gasteiger partial charge is 0.434 e.